The smallest absolute Gasteiger partial charge is 0.317 e. The molecule has 0 aliphatic carbocycles. The van der Waals surface area contributed by atoms with Crippen molar-refractivity contribution in [3.05, 3.63) is 0 Å². The Morgan fingerprint density at radius 3 is 2.86 bits per heavy atom. The van der Waals surface area contributed by atoms with Gasteiger partial charge in [0.25, 0.3) is 0 Å². The molecule has 0 aromatic rings. The minimum Gasteiger partial charge on any atom is -0.338 e. The molecule has 1 fully saturated rings. The van der Waals surface area contributed by atoms with Crippen LogP contribution in [-0.2, 0) is 0 Å². The number of nitrogens with two attached hydrogens (primary N) is 1. The van der Waals surface area contributed by atoms with Crippen LogP contribution in [0.15, 0.2) is 0 Å². The Bertz CT molecular complexity index is 186. The molecule has 2 unspecified atom stereocenters. The van der Waals surface area contributed by atoms with Crippen molar-refractivity contribution in [2.75, 3.05) is 19.6 Å². The normalized spacial score (nSPS) is 27.5. The number of urea groups is 1. The Balaban J connectivity index is 2.38. The molecule has 0 spiro atoms. The number of likely N-dealkylation sites (tertiary alicyclic amines) is 1. The zero-order valence-electron chi connectivity index (χ0n) is 9.12. The van der Waals surface area contributed by atoms with Crippen LogP contribution in [0.3, 0.4) is 0 Å². The molecule has 0 aromatic carbocycles. The van der Waals surface area contributed by atoms with E-state index in [-0.39, 0.29) is 12.1 Å². The molecule has 14 heavy (non-hydrogen) atoms. The highest BCUT2D eigenvalue weighted by Gasteiger charge is 2.25. The van der Waals surface area contributed by atoms with Crippen LogP contribution in [0.5, 0.6) is 0 Å². The van der Waals surface area contributed by atoms with Gasteiger partial charge in [-0.3, -0.25) is 0 Å². The van der Waals surface area contributed by atoms with Crippen molar-refractivity contribution < 1.29 is 4.79 Å². The molecule has 1 aliphatic heterocycles. The molecule has 4 heteroatoms. The second-order valence-electron chi connectivity index (χ2n) is 4.24. The number of piperidine rings is 1. The molecule has 1 rings (SSSR count). The fourth-order valence-corrected chi connectivity index (χ4v) is 1.91. The fourth-order valence-electron chi connectivity index (χ4n) is 1.91. The molecular formula is C10H21N3O. The number of rotatable bonds is 2. The number of carbonyl (C=O) groups is 1. The van der Waals surface area contributed by atoms with Crippen molar-refractivity contribution in [1.82, 2.24) is 10.2 Å². The summed E-state index contributed by atoms with van der Waals surface area (Å²) in [5.41, 5.74) is 5.86. The molecule has 82 valence electrons. The highest BCUT2D eigenvalue weighted by molar-refractivity contribution is 5.74. The van der Waals surface area contributed by atoms with Gasteiger partial charge in [0.1, 0.15) is 0 Å². The van der Waals surface area contributed by atoms with Crippen molar-refractivity contribution in [3.63, 3.8) is 0 Å². The zero-order valence-corrected chi connectivity index (χ0v) is 9.12. The van der Waals surface area contributed by atoms with E-state index < -0.39 is 0 Å². The molecule has 1 aliphatic rings. The third kappa shape index (κ3) is 3.18. The maximum atomic E-state index is 11.6. The first-order valence-corrected chi connectivity index (χ1v) is 5.41. The van der Waals surface area contributed by atoms with Crippen LogP contribution >= 0.6 is 0 Å². The van der Waals surface area contributed by atoms with E-state index in [0.717, 1.165) is 25.9 Å². The maximum Gasteiger partial charge on any atom is 0.317 e. The Kier molecular flexibility index (Phi) is 4.20. The molecule has 1 saturated heterocycles. The SMILES string of the molecule is CCCNC(=O)N1CC(C)CC(N)C1. The van der Waals surface area contributed by atoms with Crippen molar-refractivity contribution in [3.8, 4) is 0 Å². The summed E-state index contributed by atoms with van der Waals surface area (Å²) in [5.74, 6) is 0.520. The molecule has 0 aromatic heterocycles. The molecule has 0 saturated carbocycles. The summed E-state index contributed by atoms with van der Waals surface area (Å²) >= 11 is 0. The molecule has 1 heterocycles. The zero-order chi connectivity index (χ0) is 10.6. The molecule has 0 bridgehead atoms. The molecule has 2 amide bonds. The van der Waals surface area contributed by atoms with Gasteiger partial charge in [0, 0.05) is 25.7 Å². The largest absolute Gasteiger partial charge is 0.338 e. The van der Waals surface area contributed by atoms with E-state index in [0.29, 0.717) is 12.5 Å². The van der Waals surface area contributed by atoms with Crippen molar-refractivity contribution in [1.29, 1.82) is 0 Å². The van der Waals surface area contributed by atoms with Gasteiger partial charge in [0.2, 0.25) is 0 Å². The van der Waals surface area contributed by atoms with Crippen LogP contribution in [-0.4, -0.2) is 36.6 Å². The number of hydrogen-bond acceptors (Lipinski definition) is 2. The number of nitrogens with one attached hydrogen (secondary N) is 1. The van der Waals surface area contributed by atoms with Gasteiger partial charge in [0.05, 0.1) is 0 Å². The van der Waals surface area contributed by atoms with E-state index in [1.165, 1.54) is 0 Å². The van der Waals surface area contributed by atoms with Crippen LogP contribution in [0.1, 0.15) is 26.7 Å². The van der Waals surface area contributed by atoms with Crippen LogP contribution in [0.25, 0.3) is 0 Å². The van der Waals surface area contributed by atoms with Gasteiger partial charge in [-0.15, -0.1) is 0 Å². The van der Waals surface area contributed by atoms with Gasteiger partial charge in [-0.2, -0.15) is 0 Å². The fraction of sp³-hybridized carbons (Fsp3) is 0.900. The van der Waals surface area contributed by atoms with Crippen LogP contribution in [0.4, 0.5) is 4.79 Å². The lowest BCUT2D eigenvalue weighted by Gasteiger charge is -2.34. The molecule has 3 N–H and O–H groups in total. The number of nitrogens with zero attached hydrogens (tertiary/aromatic N) is 1. The van der Waals surface area contributed by atoms with Gasteiger partial charge in [-0.1, -0.05) is 13.8 Å². The lowest BCUT2D eigenvalue weighted by molar-refractivity contribution is 0.160. The van der Waals surface area contributed by atoms with Gasteiger partial charge in [-0.25, -0.2) is 4.79 Å². The third-order valence-electron chi connectivity index (χ3n) is 2.51. The van der Waals surface area contributed by atoms with E-state index in [9.17, 15) is 4.79 Å². The average Bonchev–Trinajstić information content (AvgIpc) is 2.12. The van der Waals surface area contributed by atoms with Crippen LogP contribution in [0, 0.1) is 5.92 Å². The Hall–Kier alpha value is -0.770. The number of hydrogen-bond donors (Lipinski definition) is 2. The summed E-state index contributed by atoms with van der Waals surface area (Å²) in [6.07, 6.45) is 2.00. The van der Waals surface area contributed by atoms with E-state index >= 15 is 0 Å². The molecular weight excluding hydrogens is 178 g/mol. The summed E-state index contributed by atoms with van der Waals surface area (Å²) in [5, 5.41) is 2.87. The predicted octanol–water partition coefficient (Wildman–Crippen LogP) is 0.775. The summed E-state index contributed by atoms with van der Waals surface area (Å²) in [6, 6.07) is 0.181. The second kappa shape index (κ2) is 5.20. The predicted molar refractivity (Wildman–Crippen MR) is 57.0 cm³/mol. The summed E-state index contributed by atoms with van der Waals surface area (Å²) < 4.78 is 0. The second-order valence-corrected chi connectivity index (χ2v) is 4.24. The minimum atomic E-state index is 0.0360. The monoisotopic (exact) mass is 199 g/mol. The molecule has 2 atom stereocenters. The van der Waals surface area contributed by atoms with Crippen molar-refractivity contribution in [2.45, 2.75) is 32.7 Å². The number of amides is 2. The van der Waals surface area contributed by atoms with Gasteiger partial charge in [0.15, 0.2) is 0 Å². The van der Waals surface area contributed by atoms with Gasteiger partial charge < -0.3 is 16.0 Å². The number of carbonyl (C=O) groups excluding carboxylic acids is 1. The van der Waals surface area contributed by atoms with Crippen molar-refractivity contribution >= 4 is 6.03 Å². The van der Waals surface area contributed by atoms with Crippen molar-refractivity contribution in [2.24, 2.45) is 11.7 Å². The Morgan fingerprint density at radius 1 is 1.57 bits per heavy atom. The topological polar surface area (TPSA) is 58.4 Å². The summed E-state index contributed by atoms with van der Waals surface area (Å²) in [4.78, 5) is 13.4. The lowest BCUT2D eigenvalue weighted by Crippen LogP contribution is -2.52. The minimum absolute atomic E-state index is 0.0360. The van der Waals surface area contributed by atoms with E-state index in [1.807, 2.05) is 11.8 Å². The van der Waals surface area contributed by atoms with E-state index in [2.05, 4.69) is 12.2 Å². The maximum absolute atomic E-state index is 11.6. The summed E-state index contributed by atoms with van der Waals surface area (Å²) in [6.45, 7) is 6.46. The Labute approximate surface area is 85.8 Å². The van der Waals surface area contributed by atoms with E-state index in [4.69, 9.17) is 5.73 Å². The average molecular weight is 199 g/mol. The third-order valence-corrected chi connectivity index (χ3v) is 2.51. The first-order chi connectivity index (χ1) is 6.63. The first kappa shape index (κ1) is 11.3. The molecule has 4 nitrogen and oxygen atoms in total. The Morgan fingerprint density at radius 2 is 2.29 bits per heavy atom. The summed E-state index contributed by atoms with van der Waals surface area (Å²) in [7, 11) is 0. The van der Waals surface area contributed by atoms with Crippen LogP contribution < -0.4 is 11.1 Å². The van der Waals surface area contributed by atoms with Gasteiger partial charge in [-0.05, 0) is 18.8 Å². The standard InChI is InChI=1S/C10H21N3O/c1-3-4-12-10(14)13-6-8(2)5-9(11)7-13/h8-9H,3-7,11H2,1-2H3,(H,12,14). The lowest BCUT2D eigenvalue weighted by atomic mass is 9.97. The highest BCUT2D eigenvalue weighted by atomic mass is 16.2. The van der Waals surface area contributed by atoms with E-state index in [1.54, 1.807) is 0 Å². The molecule has 0 radical (unpaired) electrons. The van der Waals surface area contributed by atoms with Gasteiger partial charge >= 0.3 is 6.03 Å². The highest BCUT2D eigenvalue weighted by Crippen LogP contribution is 2.14. The first-order valence-electron chi connectivity index (χ1n) is 5.41. The van der Waals surface area contributed by atoms with Crippen LogP contribution in [0.2, 0.25) is 0 Å². The quantitative estimate of drug-likeness (QED) is 0.690.